The van der Waals surface area contributed by atoms with E-state index in [1.807, 2.05) is 37.3 Å². The van der Waals surface area contributed by atoms with E-state index < -0.39 is 0 Å². The smallest absolute Gasteiger partial charge is 0.350 e. The second-order valence-corrected chi connectivity index (χ2v) is 6.26. The summed E-state index contributed by atoms with van der Waals surface area (Å²) in [6.07, 6.45) is 3.20. The van der Waals surface area contributed by atoms with Gasteiger partial charge in [0.2, 0.25) is 5.91 Å². The molecule has 1 aromatic carbocycles. The van der Waals surface area contributed by atoms with Gasteiger partial charge < -0.3 is 9.32 Å². The number of hydrogen-bond donors (Lipinski definition) is 0. The molecule has 0 spiro atoms. The molecule has 0 atom stereocenters. The predicted molar refractivity (Wildman–Crippen MR) is 101 cm³/mol. The molecule has 0 aliphatic rings. The molecule has 3 heterocycles. The number of furan rings is 1. The van der Waals surface area contributed by atoms with Crippen molar-refractivity contribution in [2.75, 3.05) is 4.90 Å². The maximum absolute atomic E-state index is 13.0. The molecule has 136 valence electrons. The topological polar surface area (TPSA) is 72.8 Å². The number of fused-ring (bicyclic) bond motifs is 1. The molecule has 7 nitrogen and oxygen atoms in total. The van der Waals surface area contributed by atoms with Crippen LogP contribution in [0.3, 0.4) is 0 Å². The second kappa shape index (κ2) is 6.95. The largest absolute Gasteiger partial charge is 0.467 e. The van der Waals surface area contributed by atoms with Crippen LogP contribution in [-0.2, 0) is 17.9 Å². The first kappa shape index (κ1) is 16.8. The minimum absolute atomic E-state index is 0.158. The first-order valence-corrected chi connectivity index (χ1v) is 8.55. The highest BCUT2D eigenvalue weighted by Crippen LogP contribution is 2.19. The maximum atomic E-state index is 13.0. The molecular weight excluding hydrogens is 344 g/mol. The van der Waals surface area contributed by atoms with Crippen LogP contribution >= 0.6 is 0 Å². The normalized spacial score (nSPS) is 11.0. The van der Waals surface area contributed by atoms with Crippen LogP contribution in [0.1, 0.15) is 11.3 Å². The summed E-state index contributed by atoms with van der Waals surface area (Å²) >= 11 is 0. The average molecular weight is 362 g/mol. The summed E-state index contributed by atoms with van der Waals surface area (Å²) in [5.41, 5.74) is 1.99. The minimum atomic E-state index is -0.346. The number of carbonyl (C=O) groups excluding carboxylic acids is 1. The summed E-state index contributed by atoms with van der Waals surface area (Å²) < 4.78 is 7.99. The molecule has 0 fully saturated rings. The molecule has 1 amide bonds. The van der Waals surface area contributed by atoms with Gasteiger partial charge in [0.15, 0.2) is 5.65 Å². The summed E-state index contributed by atoms with van der Waals surface area (Å²) in [6, 6.07) is 16.5. The maximum Gasteiger partial charge on any atom is 0.350 e. The molecule has 27 heavy (non-hydrogen) atoms. The van der Waals surface area contributed by atoms with Crippen molar-refractivity contribution in [1.29, 1.82) is 0 Å². The van der Waals surface area contributed by atoms with Gasteiger partial charge in [0.05, 0.1) is 12.8 Å². The lowest BCUT2D eigenvalue weighted by molar-refractivity contribution is -0.119. The van der Waals surface area contributed by atoms with E-state index in [-0.39, 0.29) is 24.7 Å². The van der Waals surface area contributed by atoms with Crippen LogP contribution in [0.15, 0.2) is 76.3 Å². The number of amides is 1. The number of aromatic nitrogens is 3. The van der Waals surface area contributed by atoms with Gasteiger partial charge in [-0.3, -0.25) is 9.20 Å². The lowest BCUT2D eigenvalue weighted by Gasteiger charge is -2.22. The van der Waals surface area contributed by atoms with E-state index in [9.17, 15) is 9.59 Å². The van der Waals surface area contributed by atoms with E-state index in [1.165, 1.54) is 9.08 Å². The van der Waals surface area contributed by atoms with Gasteiger partial charge in [0.25, 0.3) is 0 Å². The third kappa shape index (κ3) is 3.39. The molecule has 0 aliphatic heterocycles. The standard InChI is InChI=1S/C20H18N4O3/c1-15-7-9-16(10-8-15)23(13-17-5-4-12-27-17)19(25)14-24-20(26)22-11-3-2-6-18(22)21-24/h2-12H,13-14H2,1H3. The molecular formula is C20H18N4O3. The van der Waals surface area contributed by atoms with Gasteiger partial charge in [0.1, 0.15) is 12.3 Å². The minimum Gasteiger partial charge on any atom is -0.467 e. The number of carbonyl (C=O) groups is 1. The third-order valence-corrected chi connectivity index (χ3v) is 4.31. The molecule has 0 radical (unpaired) electrons. The fourth-order valence-electron chi connectivity index (χ4n) is 2.89. The molecule has 0 saturated heterocycles. The highest BCUT2D eigenvalue weighted by Gasteiger charge is 2.20. The Kier molecular flexibility index (Phi) is 4.33. The summed E-state index contributed by atoms with van der Waals surface area (Å²) in [5, 5.41) is 4.24. The highest BCUT2D eigenvalue weighted by molar-refractivity contribution is 5.93. The van der Waals surface area contributed by atoms with E-state index in [2.05, 4.69) is 5.10 Å². The number of hydrogen-bond acceptors (Lipinski definition) is 4. The van der Waals surface area contributed by atoms with Gasteiger partial charge >= 0.3 is 5.69 Å². The third-order valence-electron chi connectivity index (χ3n) is 4.31. The van der Waals surface area contributed by atoms with Gasteiger partial charge in [-0.15, -0.1) is 5.10 Å². The van der Waals surface area contributed by atoms with Crippen LogP contribution in [0.25, 0.3) is 5.65 Å². The first-order valence-electron chi connectivity index (χ1n) is 8.55. The van der Waals surface area contributed by atoms with Gasteiger partial charge in [-0.2, -0.15) is 0 Å². The second-order valence-electron chi connectivity index (χ2n) is 6.26. The number of rotatable bonds is 5. The summed E-state index contributed by atoms with van der Waals surface area (Å²) in [7, 11) is 0. The van der Waals surface area contributed by atoms with Crippen molar-refractivity contribution >= 4 is 17.2 Å². The fraction of sp³-hybridized carbons (Fsp3) is 0.150. The van der Waals surface area contributed by atoms with Crippen molar-refractivity contribution in [3.63, 3.8) is 0 Å². The predicted octanol–water partition coefficient (Wildman–Crippen LogP) is 2.63. The van der Waals surface area contributed by atoms with E-state index in [4.69, 9.17) is 4.42 Å². The van der Waals surface area contributed by atoms with Crippen molar-refractivity contribution in [2.45, 2.75) is 20.0 Å². The molecule has 0 aliphatic carbocycles. The van der Waals surface area contributed by atoms with Crippen LogP contribution in [0.2, 0.25) is 0 Å². The van der Waals surface area contributed by atoms with Crippen molar-refractivity contribution in [2.24, 2.45) is 0 Å². The number of aryl methyl sites for hydroxylation is 1. The molecule has 7 heteroatoms. The number of nitrogens with zero attached hydrogens (tertiary/aromatic N) is 4. The fourth-order valence-corrected chi connectivity index (χ4v) is 2.89. The Hall–Kier alpha value is -3.61. The molecule has 0 N–H and O–H groups in total. The van der Waals surface area contributed by atoms with E-state index in [1.54, 1.807) is 41.6 Å². The highest BCUT2D eigenvalue weighted by atomic mass is 16.3. The van der Waals surface area contributed by atoms with E-state index in [0.717, 1.165) is 11.3 Å². The zero-order valence-electron chi connectivity index (χ0n) is 14.8. The number of pyridine rings is 1. The SMILES string of the molecule is Cc1ccc(N(Cc2ccco2)C(=O)Cn2nc3ccccn3c2=O)cc1. The number of benzene rings is 1. The monoisotopic (exact) mass is 362 g/mol. The Labute approximate surface area is 155 Å². The molecule has 0 saturated carbocycles. The summed E-state index contributed by atoms with van der Waals surface area (Å²) in [5.74, 6) is 0.409. The lowest BCUT2D eigenvalue weighted by Crippen LogP contribution is -2.36. The summed E-state index contributed by atoms with van der Waals surface area (Å²) in [4.78, 5) is 27.1. The van der Waals surface area contributed by atoms with Crippen molar-refractivity contribution in [3.05, 3.63) is 88.9 Å². The first-order chi connectivity index (χ1) is 13.1. The lowest BCUT2D eigenvalue weighted by atomic mass is 10.2. The Morgan fingerprint density at radius 2 is 1.93 bits per heavy atom. The van der Waals surface area contributed by atoms with Gasteiger partial charge in [0, 0.05) is 11.9 Å². The Morgan fingerprint density at radius 1 is 1.11 bits per heavy atom. The van der Waals surface area contributed by atoms with Gasteiger partial charge in [-0.1, -0.05) is 23.8 Å². The Morgan fingerprint density at radius 3 is 2.63 bits per heavy atom. The van der Waals surface area contributed by atoms with Crippen LogP contribution in [-0.4, -0.2) is 20.1 Å². The average Bonchev–Trinajstić information content (AvgIpc) is 3.29. The molecule has 0 bridgehead atoms. The van der Waals surface area contributed by atoms with Crippen molar-refractivity contribution < 1.29 is 9.21 Å². The van der Waals surface area contributed by atoms with E-state index in [0.29, 0.717) is 11.4 Å². The molecule has 0 unspecified atom stereocenters. The molecule has 4 rings (SSSR count). The summed E-state index contributed by atoms with van der Waals surface area (Å²) in [6.45, 7) is 2.10. The van der Waals surface area contributed by atoms with Crippen LogP contribution in [0, 0.1) is 6.92 Å². The van der Waals surface area contributed by atoms with Crippen LogP contribution in [0.4, 0.5) is 5.69 Å². The van der Waals surface area contributed by atoms with Crippen molar-refractivity contribution in [3.8, 4) is 0 Å². The zero-order chi connectivity index (χ0) is 18.8. The zero-order valence-corrected chi connectivity index (χ0v) is 14.8. The van der Waals surface area contributed by atoms with Crippen LogP contribution in [0.5, 0.6) is 0 Å². The Bertz CT molecular complexity index is 1120. The number of anilines is 1. The van der Waals surface area contributed by atoms with Gasteiger partial charge in [-0.25, -0.2) is 9.48 Å². The van der Waals surface area contributed by atoms with Gasteiger partial charge in [-0.05, 0) is 43.3 Å². The van der Waals surface area contributed by atoms with E-state index >= 15 is 0 Å². The Balaban J connectivity index is 1.66. The quantitative estimate of drug-likeness (QED) is 0.547. The van der Waals surface area contributed by atoms with Crippen LogP contribution < -0.4 is 10.6 Å². The molecule has 3 aromatic heterocycles. The molecule has 4 aromatic rings. The van der Waals surface area contributed by atoms with Crippen molar-refractivity contribution in [1.82, 2.24) is 14.2 Å².